The highest BCUT2D eigenvalue weighted by Gasteiger charge is 2.43. The lowest BCUT2D eigenvalue weighted by Crippen LogP contribution is -2.57. The minimum Gasteiger partial charge on any atom is -0.398 e. The summed E-state index contributed by atoms with van der Waals surface area (Å²) < 4.78 is 5.39. The van der Waals surface area contributed by atoms with Crippen LogP contribution in [0.15, 0.2) is 29.2 Å². The van der Waals surface area contributed by atoms with Crippen LogP contribution in [0.1, 0.15) is 0 Å². The Balaban J connectivity index is 2.13. The van der Waals surface area contributed by atoms with Gasteiger partial charge in [0.25, 0.3) is 0 Å². The average Bonchev–Trinajstić information content (AvgIpc) is 2.41. The van der Waals surface area contributed by atoms with Crippen molar-refractivity contribution in [2.24, 2.45) is 0 Å². The Bertz CT molecular complexity index is 430. The number of hydrogen-bond acceptors (Lipinski definition) is 7. The van der Waals surface area contributed by atoms with Gasteiger partial charge in [-0.25, -0.2) is 0 Å². The number of ether oxygens (including phenoxy) is 1. The van der Waals surface area contributed by atoms with Crippen LogP contribution >= 0.6 is 11.8 Å². The van der Waals surface area contributed by atoms with Crippen molar-refractivity contribution in [3.05, 3.63) is 24.3 Å². The van der Waals surface area contributed by atoms with E-state index in [1.54, 1.807) is 24.3 Å². The van der Waals surface area contributed by atoms with E-state index in [2.05, 4.69) is 0 Å². The van der Waals surface area contributed by atoms with Crippen LogP contribution in [0.3, 0.4) is 0 Å². The lowest BCUT2D eigenvalue weighted by Gasteiger charge is -2.39. The van der Waals surface area contributed by atoms with Crippen LogP contribution in [0.25, 0.3) is 0 Å². The lowest BCUT2D eigenvalue weighted by atomic mass is 10.0. The zero-order chi connectivity index (χ0) is 14.0. The first-order valence-electron chi connectivity index (χ1n) is 5.86. The SMILES string of the molecule is Nc1ccccc1S[C@@H]1O[C@H](CO)[C@@H](O)[C@H](O)[C@H]1O. The Labute approximate surface area is 114 Å². The summed E-state index contributed by atoms with van der Waals surface area (Å²) in [6.45, 7) is -0.438. The normalized spacial score (nSPS) is 35.3. The molecule has 1 aliphatic heterocycles. The number of aliphatic hydroxyl groups excluding tert-OH is 4. The van der Waals surface area contributed by atoms with Gasteiger partial charge in [-0.15, -0.1) is 0 Å². The van der Waals surface area contributed by atoms with Gasteiger partial charge in [0.15, 0.2) is 0 Å². The first kappa shape index (κ1) is 14.6. The Kier molecular flexibility index (Phi) is 4.67. The second kappa shape index (κ2) is 6.08. The van der Waals surface area contributed by atoms with Crippen molar-refractivity contribution in [3.8, 4) is 0 Å². The molecule has 5 atom stereocenters. The van der Waals surface area contributed by atoms with E-state index in [0.29, 0.717) is 10.6 Å². The lowest BCUT2D eigenvalue weighted by molar-refractivity contribution is -0.205. The maximum atomic E-state index is 9.90. The first-order valence-corrected chi connectivity index (χ1v) is 6.74. The molecule has 6 N–H and O–H groups in total. The molecule has 6 nitrogen and oxygen atoms in total. The molecule has 19 heavy (non-hydrogen) atoms. The minimum absolute atomic E-state index is 0.438. The van der Waals surface area contributed by atoms with E-state index in [1.165, 1.54) is 0 Å². The van der Waals surface area contributed by atoms with Gasteiger partial charge in [-0.3, -0.25) is 0 Å². The van der Waals surface area contributed by atoms with E-state index >= 15 is 0 Å². The Morgan fingerprint density at radius 1 is 1.11 bits per heavy atom. The number of aliphatic hydroxyl groups is 4. The van der Waals surface area contributed by atoms with Crippen LogP contribution in [0, 0.1) is 0 Å². The van der Waals surface area contributed by atoms with E-state index in [1.807, 2.05) is 0 Å². The van der Waals surface area contributed by atoms with Gasteiger partial charge in [0.2, 0.25) is 0 Å². The van der Waals surface area contributed by atoms with Crippen molar-refractivity contribution in [3.63, 3.8) is 0 Å². The van der Waals surface area contributed by atoms with Crippen molar-refractivity contribution in [1.29, 1.82) is 0 Å². The molecule has 0 aliphatic carbocycles. The van der Waals surface area contributed by atoms with Crippen molar-refractivity contribution < 1.29 is 25.2 Å². The summed E-state index contributed by atoms with van der Waals surface area (Å²) in [5, 5.41) is 38.3. The van der Waals surface area contributed by atoms with E-state index in [-0.39, 0.29) is 0 Å². The summed E-state index contributed by atoms with van der Waals surface area (Å²) in [5.74, 6) is 0. The van der Waals surface area contributed by atoms with E-state index in [4.69, 9.17) is 15.6 Å². The fourth-order valence-electron chi connectivity index (χ4n) is 1.88. The van der Waals surface area contributed by atoms with E-state index < -0.39 is 36.5 Å². The standard InChI is InChI=1S/C12H17NO5S/c13-6-3-1-2-4-8(6)19-12-11(17)10(16)9(15)7(5-14)18-12/h1-4,7,9-12,14-17H,5,13H2/t7-,9-,10+,11-,12+/m1/s1. The quantitative estimate of drug-likeness (QED) is 0.460. The van der Waals surface area contributed by atoms with Gasteiger partial charge in [-0.2, -0.15) is 0 Å². The third-order valence-electron chi connectivity index (χ3n) is 3.01. The predicted octanol–water partition coefficient (Wildman–Crippen LogP) is -0.839. The predicted molar refractivity (Wildman–Crippen MR) is 70.5 cm³/mol. The fourth-order valence-corrected chi connectivity index (χ4v) is 2.99. The molecule has 1 fully saturated rings. The molecule has 0 amide bonds. The van der Waals surface area contributed by atoms with Gasteiger partial charge in [-0.05, 0) is 12.1 Å². The molecule has 0 spiro atoms. The summed E-state index contributed by atoms with van der Waals surface area (Å²) in [7, 11) is 0. The molecule has 1 saturated heterocycles. The van der Waals surface area contributed by atoms with Gasteiger partial charge < -0.3 is 30.9 Å². The monoisotopic (exact) mass is 287 g/mol. The average molecular weight is 287 g/mol. The summed E-state index contributed by atoms with van der Waals surface area (Å²) in [6.07, 6.45) is -4.87. The summed E-state index contributed by atoms with van der Waals surface area (Å²) >= 11 is 1.14. The van der Waals surface area contributed by atoms with Crippen molar-refractivity contribution in [1.82, 2.24) is 0 Å². The fraction of sp³-hybridized carbons (Fsp3) is 0.500. The molecule has 7 heteroatoms. The maximum Gasteiger partial charge on any atom is 0.136 e. The van der Waals surface area contributed by atoms with Crippen molar-refractivity contribution in [2.45, 2.75) is 34.7 Å². The first-order chi connectivity index (χ1) is 9.04. The largest absolute Gasteiger partial charge is 0.398 e. The maximum absolute atomic E-state index is 9.90. The van der Waals surface area contributed by atoms with Gasteiger partial charge in [0, 0.05) is 10.6 Å². The number of anilines is 1. The minimum atomic E-state index is -1.37. The molecule has 0 saturated carbocycles. The van der Waals surface area contributed by atoms with Crippen LogP contribution in [0.4, 0.5) is 5.69 Å². The Hall–Kier alpha value is -0.830. The second-order valence-electron chi connectivity index (χ2n) is 4.35. The summed E-state index contributed by atoms with van der Waals surface area (Å²) in [6, 6.07) is 7.06. The molecular formula is C12H17NO5S. The number of thioether (sulfide) groups is 1. The van der Waals surface area contributed by atoms with Crippen molar-refractivity contribution in [2.75, 3.05) is 12.3 Å². The van der Waals surface area contributed by atoms with Crippen LogP contribution in [-0.4, -0.2) is 56.9 Å². The summed E-state index contributed by atoms with van der Waals surface area (Å²) in [5.41, 5.74) is 5.52. The highest BCUT2D eigenvalue weighted by atomic mass is 32.2. The zero-order valence-corrected chi connectivity index (χ0v) is 10.9. The smallest absolute Gasteiger partial charge is 0.136 e. The van der Waals surface area contributed by atoms with Crippen LogP contribution in [0.2, 0.25) is 0 Å². The number of nitrogens with two attached hydrogens (primary N) is 1. The molecule has 0 aromatic heterocycles. The van der Waals surface area contributed by atoms with Crippen molar-refractivity contribution >= 4 is 17.4 Å². The Morgan fingerprint density at radius 3 is 2.42 bits per heavy atom. The molecule has 1 heterocycles. The van der Waals surface area contributed by atoms with Crippen LogP contribution < -0.4 is 5.73 Å². The van der Waals surface area contributed by atoms with Gasteiger partial charge in [0.1, 0.15) is 29.9 Å². The molecule has 0 unspecified atom stereocenters. The topological polar surface area (TPSA) is 116 Å². The molecule has 1 aliphatic rings. The van der Waals surface area contributed by atoms with Crippen LogP contribution in [0.5, 0.6) is 0 Å². The molecule has 0 bridgehead atoms. The highest BCUT2D eigenvalue weighted by Crippen LogP contribution is 2.35. The molecule has 1 aromatic carbocycles. The van der Waals surface area contributed by atoms with E-state index in [9.17, 15) is 15.3 Å². The number of benzene rings is 1. The molecular weight excluding hydrogens is 270 g/mol. The molecule has 106 valence electrons. The van der Waals surface area contributed by atoms with Gasteiger partial charge >= 0.3 is 0 Å². The van der Waals surface area contributed by atoms with Crippen LogP contribution in [-0.2, 0) is 4.74 Å². The second-order valence-corrected chi connectivity index (χ2v) is 5.49. The third-order valence-corrected chi connectivity index (χ3v) is 4.26. The molecule has 1 aromatic rings. The third kappa shape index (κ3) is 3.02. The Morgan fingerprint density at radius 2 is 1.79 bits per heavy atom. The summed E-state index contributed by atoms with van der Waals surface area (Å²) in [4.78, 5) is 0.701. The number of rotatable bonds is 3. The van der Waals surface area contributed by atoms with E-state index in [0.717, 1.165) is 11.8 Å². The highest BCUT2D eigenvalue weighted by molar-refractivity contribution is 8.00. The molecule has 2 rings (SSSR count). The number of nitrogen functional groups attached to an aromatic ring is 1. The van der Waals surface area contributed by atoms with Gasteiger partial charge in [-0.1, -0.05) is 23.9 Å². The molecule has 0 radical (unpaired) electrons. The number of para-hydroxylation sites is 1. The van der Waals surface area contributed by atoms with Gasteiger partial charge in [0.05, 0.1) is 6.61 Å². The number of hydrogen-bond donors (Lipinski definition) is 5. The zero-order valence-electron chi connectivity index (χ0n) is 10.1.